The largest absolute Gasteiger partial charge is 0.363 e. The first-order chi connectivity index (χ1) is 11.5. The van der Waals surface area contributed by atoms with Crippen LogP contribution < -0.4 is 5.32 Å². The Balaban J connectivity index is 1.57. The first kappa shape index (κ1) is 15.5. The third kappa shape index (κ3) is 2.76. The van der Waals surface area contributed by atoms with Crippen LogP contribution in [0.25, 0.3) is 0 Å². The number of aromatic nitrogens is 5. The van der Waals surface area contributed by atoms with Gasteiger partial charge in [0, 0.05) is 30.8 Å². The van der Waals surface area contributed by atoms with Crippen molar-refractivity contribution in [2.75, 3.05) is 5.32 Å². The van der Waals surface area contributed by atoms with Gasteiger partial charge in [0.2, 0.25) is 0 Å². The molecule has 0 saturated heterocycles. The van der Waals surface area contributed by atoms with Crippen molar-refractivity contribution in [1.29, 1.82) is 0 Å². The fourth-order valence-corrected chi connectivity index (χ4v) is 3.29. The molecule has 1 aliphatic carbocycles. The van der Waals surface area contributed by atoms with E-state index in [2.05, 4.69) is 43.9 Å². The highest BCUT2D eigenvalue weighted by Crippen LogP contribution is 2.39. The molecule has 1 fully saturated rings. The van der Waals surface area contributed by atoms with E-state index in [0.717, 1.165) is 49.7 Å². The number of nitrogens with one attached hydrogen (secondary N) is 1. The van der Waals surface area contributed by atoms with E-state index in [1.807, 2.05) is 0 Å². The van der Waals surface area contributed by atoms with Gasteiger partial charge in [-0.1, -0.05) is 13.8 Å². The second kappa shape index (κ2) is 5.79. The van der Waals surface area contributed by atoms with Crippen LogP contribution in [0.2, 0.25) is 0 Å². The zero-order valence-electron chi connectivity index (χ0n) is 14.4. The van der Waals surface area contributed by atoms with Gasteiger partial charge in [-0.2, -0.15) is 0 Å². The first-order valence-corrected chi connectivity index (χ1v) is 8.75. The van der Waals surface area contributed by atoms with E-state index >= 15 is 0 Å². The zero-order valence-corrected chi connectivity index (χ0v) is 14.4. The SMILES string of the molecule is Cc1nc(C2CC2)nc(N[C@H]2CCc3nnc(C(C)C)n3C2)c1F. The van der Waals surface area contributed by atoms with E-state index in [4.69, 9.17) is 0 Å². The summed E-state index contributed by atoms with van der Waals surface area (Å²) in [6, 6.07) is 0.127. The lowest BCUT2D eigenvalue weighted by Gasteiger charge is -2.26. The molecule has 0 spiro atoms. The van der Waals surface area contributed by atoms with Crippen LogP contribution >= 0.6 is 0 Å². The van der Waals surface area contributed by atoms with Crippen molar-refractivity contribution < 1.29 is 4.39 Å². The van der Waals surface area contributed by atoms with E-state index in [0.29, 0.717) is 23.3 Å². The van der Waals surface area contributed by atoms with Gasteiger partial charge in [0.05, 0.1) is 5.69 Å². The van der Waals surface area contributed by atoms with Crippen molar-refractivity contribution in [2.45, 2.75) is 70.9 Å². The lowest BCUT2D eigenvalue weighted by molar-refractivity contribution is 0.455. The molecule has 1 aliphatic heterocycles. The Labute approximate surface area is 140 Å². The second-order valence-corrected chi connectivity index (χ2v) is 7.22. The summed E-state index contributed by atoms with van der Waals surface area (Å²) >= 11 is 0. The molecule has 128 valence electrons. The van der Waals surface area contributed by atoms with Gasteiger partial charge < -0.3 is 9.88 Å². The van der Waals surface area contributed by atoms with Crippen molar-refractivity contribution in [1.82, 2.24) is 24.7 Å². The maximum Gasteiger partial charge on any atom is 0.186 e. The Morgan fingerprint density at radius 2 is 1.96 bits per heavy atom. The molecule has 0 aromatic carbocycles. The highest BCUT2D eigenvalue weighted by Gasteiger charge is 2.29. The normalized spacial score (nSPS) is 20.3. The zero-order chi connectivity index (χ0) is 16.8. The van der Waals surface area contributed by atoms with Crippen molar-refractivity contribution in [3.63, 3.8) is 0 Å². The van der Waals surface area contributed by atoms with Crippen LogP contribution in [0.1, 0.15) is 68.1 Å². The summed E-state index contributed by atoms with van der Waals surface area (Å²) < 4.78 is 16.6. The molecular weight excluding hydrogens is 307 g/mol. The van der Waals surface area contributed by atoms with Gasteiger partial charge in [-0.25, -0.2) is 14.4 Å². The van der Waals surface area contributed by atoms with Gasteiger partial charge in [-0.05, 0) is 26.2 Å². The number of nitrogens with zero attached hydrogens (tertiary/aromatic N) is 5. The number of halogens is 1. The molecule has 0 amide bonds. The van der Waals surface area contributed by atoms with Crippen LogP contribution in [0.15, 0.2) is 0 Å². The van der Waals surface area contributed by atoms with Crippen LogP contribution in [0.5, 0.6) is 0 Å². The number of hydrogen-bond acceptors (Lipinski definition) is 5. The van der Waals surface area contributed by atoms with Crippen LogP contribution in [0, 0.1) is 12.7 Å². The summed E-state index contributed by atoms with van der Waals surface area (Å²) in [7, 11) is 0. The molecule has 2 aromatic rings. The molecule has 0 radical (unpaired) electrons. The summed E-state index contributed by atoms with van der Waals surface area (Å²) in [6.07, 6.45) is 3.96. The van der Waals surface area contributed by atoms with Crippen LogP contribution in [-0.2, 0) is 13.0 Å². The van der Waals surface area contributed by atoms with Gasteiger partial charge >= 0.3 is 0 Å². The second-order valence-electron chi connectivity index (χ2n) is 7.22. The molecule has 1 saturated carbocycles. The summed E-state index contributed by atoms with van der Waals surface area (Å²) in [5, 5.41) is 11.9. The summed E-state index contributed by atoms with van der Waals surface area (Å²) in [5.41, 5.74) is 0.429. The molecular formula is C17H23FN6. The summed E-state index contributed by atoms with van der Waals surface area (Å²) in [4.78, 5) is 8.75. The molecule has 24 heavy (non-hydrogen) atoms. The van der Waals surface area contributed by atoms with Crippen molar-refractivity contribution in [3.8, 4) is 0 Å². The van der Waals surface area contributed by atoms with Gasteiger partial charge in [0.15, 0.2) is 11.6 Å². The minimum atomic E-state index is -0.335. The Morgan fingerprint density at radius 3 is 2.67 bits per heavy atom. The van der Waals surface area contributed by atoms with Crippen molar-refractivity contribution in [3.05, 3.63) is 29.0 Å². The van der Waals surface area contributed by atoms with Crippen LogP contribution in [0.3, 0.4) is 0 Å². The lowest BCUT2D eigenvalue weighted by atomic mass is 10.1. The van der Waals surface area contributed by atoms with Gasteiger partial charge in [-0.3, -0.25) is 0 Å². The first-order valence-electron chi connectivity index (χ1n) is 8.75. The monoisotopic (exact) mass is 330 g/mol. The molecule has 2 aliphatic rings. The Bertz CT molecular complexity index is 765. The van der Waals surface area contributed by atoms with E-state index in [1.54, 1.807) is 6.92 Å². The summed E-state index contributed by atoms with van der Waals surface area (Å²) in [5.74, 6) is 3.54. The Hall–Kier alpha value is -2.05. The maximum atomic E-state index is 14.4. The fraction of sp³-hybridized carbons (Fsp3) is 0.647. The third-order valence-electron chi connectivity index (χ3n) is 4.81. The number of anilines is 1. The average Bonchev–Trinajstić information content (AvgIpc) is 3.31. The van der Waals surface area contributed by atoms with Crippen molar-refractivity contribution in [2.24, 2.45) is 0 Å². The molecule has 1 atom stereocenters. The van der Waals surface area contributed by atoms with Crippen LogP contribution in [0.4, 0.5) is 10.2 Å². The number of rotatable bonds is 4. The van der Waals surface area contributed by atoms with E-state index in [-0.39, 0.29) is 11.9 Å². The summed E-state index contributed by atoms with van der Waals surface area (Å²) in [6.45, 7) is 6.69. The van der Waals surface area contributed by atoms with Crippen molar-refractivity contribution >= 4 is 5.82 Å². The number of hydrogen-bond donors (Lipinski definition) is 1. The molecule has 4 rings (SSSR count). The Kier molecular flexibility index (Phi) is 3.73. The van der Waals surface area contributed by atoms with E-state index < -0.39 is 0 Å². The van der Waals surface area contributed by atoms with Gasteiger partial charge in [-0.15, -0.1) is 10.2 Å². The van der Waals surface area contributed by atoms with E-state index in [1.165, 1.54) is 0 Å². The molecule has 7 heteroatoms. The minimum absolute atomic E-state index is 0.127. The average molecular weight is 330 g/mol. The highest BCUT2D eigenvalue weighted by atomic mass is 19.1. The molecule has 0 bridgehead atoms. The molecule has 1 N–H and O–H groups in total. The highest BCUT2D eigenvalue weighted by molar-refractivity contribution is 5.40. The van der Waals surface area contributed by atoms with Gasteiger partial charge in [0.1, 0.15) is 17.5 Å². The molecule has 2 aromatic heterocycles. The lowest BCUT2D eigenvalue weighted by Crippen LogP contribution is -2.33. The predicted molar refractivity (Wildman–Crippen MR) is 88.5 cm³/mol. The smallest absolute Gasteiger partial charge is 0.186 e. The third-order valence-corrected chi connectivity index (χ3v) is 4.81. The van der Waals surface area contributed by atoms with E-state index in [9.17, 15) is 4.39 Å². The maximum absolute atomic E-state index is 14.4. The standard InChI is InChI=1S/C17H23FN6/c1-9(2)17-23-22-13-7-6-12(8-24(13)17)20-16-14(18)10(3)19-15(21-16)11-4-5-11/h9,11-12H,4-8H2,1-3H3,(H,19,20,21)/t12-/m0/s1. The predicted octanol–water partition coefficient (Wildman–Crippen LogP) is 2.94. The Morgan fingerprint density at radius 1 is 1.17 bits per heavy atom. The molecule has 0 unspecified atom stereocenters. The topological polar surface area (TPSA) is 68.5 Å². The van der Waals surface area contributed by atoms with Gasteiger partial charge in [0.25, 0.3) is 0 Å². The van der Waals surface area contributed by atoms with Crippen LogP contribution in [-0.4, -0.2) is 30.8 Å². The molecule has 3 heterocycles. The minimum Gasteiger partial charge on any atom is -0.363 e. The number of aryl methyl sites for hydroxylation is 2. The number of fused-ring (bicyclic) bond motifs is 1. The molecule has 6 nitrogen and oxygen atoms in total. The quantitative estimate of drug-likeness (QED) is 0.933. The fourth-order valence-electron chi connectivity index (χ4n) is 3.29.